The lowest BCUT2D eigenvalue weighted by Gasteiger charge is -2.37. The van der Waals surface area contributed by atoms with Crippen LogP contribution in [0.4, 0.5) is 0 Å². The molecule has 1 aromatic rings. The Morgan fingerprint density at radius 1 is 1.24 bits per heavy atom. The Morgan fingerprint density at radius 3 is 2.33 bits per heavy atom. The Labute approximate surface area is 123 Å². The Kier molecular flexibility index (Phi) is 4.02. The maximum Gasteiger partial charge on any atom is 0.254 e. The zero-order chi connectivity index (χ0) is 15.8. The van der Waals surface area contributed by atoms with Crippen molar-refractivity contribution in [1.82, 2.24) is 9.80 Å². The third-order valence-corrected chi connectivity index (χ3v) is 4.50. The van der Waals surface area contributed by atoms with E-state index < -0.39 is 16.1 Å². The van der Waals surface area contributed by atoms with Crippen LogP contribution in [-0.4, -0.2) is 56.2 Å². The molecule has 0 spiro atoms. The van der Waals surface area contributed by atoms with Crippen molar-refractivity contribution in [3.8, 4) is 0 Å². The largest absolute Gasteiger partial charge is 0.342 e. The second-order valence-electron chi connectivity index (χ2n) is 5.00. The molecule has 0 radical (unpaired) electrons. The average Bonchev–Trinajstić information content (AvgIpc) is 2.43. The van der Waals surface area contributed by atoms with E-state index in [2.05, 4.69) is 0 Å². The van der Waals surface area contributed by atoms with E-state index in [1.807, 2.05) is 0 Å². The van der Waals surface area contributed by atoms with E-state index in [0.29, 0.717) is 18.7 Å². The summed E-state index contributed by atoms with van der Waals surface area (Å²) in [5.41, 5.74) is 0.326. The lowest BCUT2D eigenvalue weighted by molar-refractivity contribution is -0.137. The van der Waals surface area contributed by atoms with Crippen LogP contribution in [0.2, 0.25) is 0 Å². The molecule has 1 heterocycles. The first-order valence-electron chi connectivity index (χ1n) is 6.40. The van der Waals surface area contributed by atoms with Gasteiger partial charge in [0.15, 0.2) is 0 Å². The smallest absolute Gasteiger partial charge is 0.254 e. The molecule has 114 valence electrons. The molecule has 1 aromatic carbocycles. The van der Waals surface area contributed by atoms with Crippen LogP contribution in [-0.2, 0) is 14.8 Å². The van der Waals surface area contributed by atoms with E-state index in [9.17, 15) is 18.0 Å². The maximum atomic E-state index is 12.4. The number of hydrogen-bond donors (Lipinski definition) is 1. The Bertz CT molecular complexity index is 669. The zero-order valence-electron chi connectivity index (χ0n) is 11.8. The Morgan fingerprint density at radius 2 is 1.81 bits per heavy atom. The van der Waals surface area contributed by atoms with E-state index in [1.165, 1.54) is 29.2 Å². The molecule has 2 N–H and O–H groups in total. The van der Waals surface area contributed by atoms with Crippen molar-refractivity contribution >= 4 is 21.8 Å². The van der Waals surface area contributed by atoms with Crippen molar-refractivity contribution in [2.24, 2.45) is 5.14 Å². The first-order chi connectivity index (χ1) is 9.71. The summed E-state index contributed by atoms with van der Waals surface area (Å²) in [5.74, 6) is -0.416. The Balaban J connectivity index is 2.22. The SMILES string of the molecule is C[C@@H]1C(=O)N(C)CCN1C(=O)c1ccc(S(N)(=O)=O)cc1. The zero-order valence-corrected chi connectivity index (χ0v) is 12.6. The van der Waals surface area contributed by atoms with Gasteiger partial charge in [0, 0.05) is 25.7 Å². The molecule has 1 fully saturated rings. The highest BCUT2D eigenvalue weighted by Gasteiger charge is 2.32. The van der Waals surface area contributed by atoms with Crippen LogP contribution in [0, 0.1) is 0 Å². The van der Waals surface area contributed by atoms with Gasteiger partial charge < -0.3 is 9.80 Å². The number of sulfonamides is 1. The second kappa shape index (κ2) is 5.45. The molecule has 21 heavy (non-hydrogen) atoms. The Hall–Kier alpha value is -1.93. The van der Waals surface area contributed by atoms with Crippen molar-refractivity contribution in [2.45, 2.75) is 17.9 Å². The van der Waals surface area contributed by atoms with Gasteiger partial charge >= 0.3 is 0 Å². The molecule has 1 aliphatic rings. The topological polar surface area (TPSA) is 101 Å². The number of amides is 2. The van der Waals surface area contributed by atoms with Crippen molar-refractivity contribution < 1.29 is 18.0 Å². The van der Waals surface area contributed by atoms with E-state index in [4.69, 9.17) is 5.14 Å². The summed E-state index contributed by atoms with van der Waals surface area (Å²) in [5, 5.41) is 5.01. The van der Waals surface area contributed by atoms with Crippen LogP contribution < -0.4 is 5.14 Å². The molecule has 1 saturated heterocycles. The van der Waals surface area contributed by atoms with Gasteiger partial charge in [-0.15, -0.1) is 0 Å². The van der Waals surface area contributed by atoms with Gasteiger partial charge in [0.25, 0.3) is 5.91 Å². The minimum absolute atomic E-state index is 0.0541. The number of carbonyl (C=O) groups is 2. The number of primary sulfonamides is 1. The fraction of sp³-hybridized carbons (Fsp3) is 0.385. The first kappa shape index (κ1) is 15.5. The fourth-order valence-corrected chi connectivity index (χ4v) is 2.76. The van der Waals surface area contributed by atoms with Crippen LogP contribution in [0.1, 0.15) is 17.3 Å². The third-order valence-electron chi connectivity index (χ3n) is 3.57. The molecule has 8 heteroatoms. The van der Waals surface area contributed by atoms with Gasteiger partial charge in [0.1, 0.15) is 6.04 Å². The monoisotopic (exact) mass is 311 g/mol. The van der Waals surface area contributed by atoms with E-state index in [1.54, 1.807) is 18.9 Å². The van der Waals surface area contributed by atoms with Gasteiger partial charge in [-0.05, 0) is 31.2 Å². The lowest BCUT2D eigenvalue weighted by Crippen LogP contribution is -2.56. The molecule has 1 atom stereocenters. The molecule has 0 unspecified atom stereocenters. The maximum absolute atomic E-state index is 12.4. The highest BCUT2D eigenvalue weighted by molar-refractivity contribution is 7.89. The molecular weight excluding hydrogens is 294 g/mol. The predicted octanol–water partition coefficient (Wildman–Crippen LogP) is -0.363. The number of rotatable bonds is 2. The van der Waals surface area contributed by atoms with Gasteiger partial charge in [-0.1, -0.05) is 0 Å². The van der Waals surface area contributed by atoms with Crippen LogP contribution in [0.15, 0.2) is 29.2 Å². The number of hydrogen-bond acceptors (Lipinski definition) is 4. The summed E-state index contributed by atoms with van der Waals surface area (Å²) in [6.45, 7) is 2.60. The average molecular weight is 311 g/mol. The van der Waals surface area contributed by atoms with E-state index in [-0.39, 0.29) is 16.7 Å². The second-order valence-corrected chi connectivity index (χ2v) is 6.57. The molecule has 0 bridgehead atoms. The minimum atomic E-state index is -3.78. The predicted molar refractivity (Wildman–Crippen MR) is 76.0 cm³/mol. The highest BCUT2D eigenvalue weighted by Crippen LogP contribution is 2.16. The molecule has 0 saturated carbocycles. The molecule has 2 amide bonds. The highest BCUT2D eigenvalue weighted by atomic mass is 32.2. The van der Waals surface area contributed by atoms with Crippen LogP contribution in [0.3, 0.4) is 0 Å². The third kappa shape index (κ3) is 3.06. The van der Waals surface area contributed by atoms with E-state index in [0.717, 1.165) is 0 Å². The summed E-state index contributed by atoms with van der Waals surface area (Å²) in [6.07, 6.45) is 0. The molecular formula is C13H17N3O4S. The first-order valence-corrected chi connectivity index (χ1v) is 7.95. The van der Waals surface area contributed by atoms with Crippen molar-refractivity contribution in [1.29, 1.82) is 0 Å². The van der Waals surface area contributed by atoms with Crippen molar-refractivity contribution in [3.63, 3.8) is 0 Å². The summed E-state index contributed by atoms with van der Waals surface area (Å²) in [4.78, 5) is 27.3. The summed E-state index contributed by atoms with van der Waals surface area (Å²) >= 11 is 0. The fourth-order valence-electron chi connectivity index (χ4n) is 2.24. The normalized spacial score (nSPS) is 19.8. The summed E-state index contributed by atoms with van der Waals surface area (Å²) < 4.78 is 22.4. The number of nitrogens with two attached hydrogens (primary N) is 1. The van der Waals surface area contributed by atoms with Gasteiger partial charge in [-0.3, -0.25) is 9.59 Å². The molecule has 2 rings (SSSR count). The van der Waals surface area contributed by atoms with Gasteiger partial charge in [0.2, 0.25) is 15.9 Å². The van der Waals surface area contributed by atoms with Crippen LogP contribution >= 0.6 is 0 Å². The number of likely N-dealkylation sites (N-methyl/N-ethyl adjacent to an activating group) is 1. The summed E-state index contributed by atoms with van der Waals surface area (Å²) in [6, 6.07) is 4.83. The van der Waals surface area contributed by atoms with E-state index >= 15 is 0 Å². The van der Waals surface area contributed by atoms with Crippen LogP contribution in [0.25, 0.3) is 0 Å². The molecule has 1 aliphatic heterocycles. The van der Waals surface area contributed by atoms with Crippen molar-refractivity contribution in [2.75, 3.05) is 20.1 Å². The number of piperazine rings is 1. The summed E-state index contributed by atoms with van der Waals surface area (Å²) in [7, 11) is -2.09. The standard InChI is InChI=1S/C13H17N3O4S/c1-9-12(17)15(2)7-8-16(9)13(18)10-3-5-11(6-4-10)21(14,19)20/h3-6,9H,7-8H2,1-2H3,(H2,14,19,20)/t9-/m1/s1. The molecule has 7 nitrogen and oxygen atoms in total. The molecule has 0 aliphatic carbocycles. The van der Waals surface area contributed by atoms with Crippen molar-refractivity contribution in [3.05, 3.63) is 29.8 Å². The van der Waals surface area contributed by atoms with Crippen LogP contribution in [0.5, 0.6) is 0 Å². The number of carbonyl (C=O) groups excluding carboxylic acids is 2. The van der Waals surface area contributed by atoms with Gasteiger partial charge in [-0.2, -0.15) is 0 Å². The quantitative estimate of drug-likeness (QED) is 0.805. The minimum Gasteiger partial charge on any atom is -0.342 e. The lowest BCUT2D eigenvalue weighted by atomic mass is 10.1. The van der Waals surface area contributed by atoms with Gasteiger partial charge in [0.05, 0.1) is 4.90 Å². The number of nitrogens with zero attached hydrogens (tertiary/aromatic N) is 2. The molecule has 0 aromatic heterocycles. The van der Waals surface area contributed by atoms with Gasteiger partial charge in [-0.25, -0.2) is 13.6 Å². The number of benzene rings is 1.